The highest BCUT2D eigenvalue weighted by atomic mass is 79.9. The topological polar surface area (TPSA) is 76.1 Å². The van der Waals surface area contributed by atoms with Gasteiger partial charge in [-0.15, -0.1) is 0 Å². The second-order valence-corrected chi connectivity index (χ2v) is 8.59. The number of ketones is 1. The highest BCUT2D eigenvalue weighted by Crippen LogP contribution is 2.46. The maximum atomic E-state index is 13.2. The Morgan fingerprint density at radius 3 is 2.35 bits per heavy atom. The van der Waals surface area contributed by atoms with Crippen LogP contribution in [0.2, 0.25) is 0 Å². The number of likely N-dealkylation sites (tertiary alicyclic amines) is 1. The SMILES string of the molecule is COc1ccc(/C(O)=C2\C(=O)C(=O)N(C3CCCC3)C2c2ccccc2OC)cc1Br. The van der Waals surface area contributed by atoms with Gasteiger partial charge in [-0.05, 0) is 53.0 Å². The molecule has 1 atom stereocenters. The number of amides is 1. The van der Waals surface area contributed by atoms with Gasteiger partial charge in [0.15, 0.2) is 0 Å². The van der Waals surface area contributed by atoms with E-state index in [2.05, 4.69) is 15.9 Å². The fourth-order valence-electron chi connectivity index (χ4n) is 4.58. The molecule has 7 heteroatoms. The molecule has 1 saturated heterocycles. The Bertz CT molecular complexity index is 1060. The average molecular weight is 486 g/mol. The number of carbonyl (C=O) groups is 2. The van der Waals surface area contributed by atoms with Crippen LogP contribution >= 0.6 is 15.9 Å². The first-order valence-electron chi connectivity index (χ1n) is 10.2. The number of para-hydroxylation sites is 1. The average Bonchev–Trinajstić information content (AvgIpc) is 3.40. The summed E-state index contributed by atoms with van der Waals surface area (Å²) in [5.41, 5.74) is 1.20. The minimum atomic E-state index is -0.708. The molecule has 1 N–H and O–H groups in total. The zero-order chi connectivity index (χ0) is 22.1. The molecule has 2 fully saturated rings. The minimum Gasteiger partial charge on any atom is -0.507 e. The number of carbonyl (C=O) groups excluding carboxylic acids is 2. The summed E-state index contributed by atoms with van der Waals surface area (Å²) in [6.45, 7) is 0. The zero-order valence-corrected chi connectivity index (χ0v) is 19.0. The summed E-state index contributed by atoms with van der Waals surface area (Å²) in [5.74, 6) is -0.286. The van der Waals surface area contributed by atoms with Crippen LogP contribution in [0.3, 0.4) is 0 Å². The maximum absolute atomic E-state index is 13.2. The molecule has 1 heterocycles. The summed E-state index contributed by atoms with van der Waals surface area (Å²) in [6.07, 6.45) is 3.70. The standard InChI is InChI=1S/C24H24BrNO5/c1-30-18-10-6-5-9-16(18)21-20(22(27)14-11-12-19(31-2)17(25)13-14)23(28)24(29)26(21)15-7-3-4-8-15/h5-6,9-13,15,21,27H,3-4,7-8H2,1-2H3/b22-20+. The fourth-order valence-corrected chi connectivity index (χ4v) is 5.12. The fraction of sp³-hybridized carbons (Fsp3) is 0.333. The molecule has 1 aliphatic carbocycles. The van der Waals surface area contributed by atoms with E-state index in [1.807, 2.05) is 18.2 Å². The molecular weight excluding hydrogens is 462 g/mol. The second kappa shape index (κ2) is 8.75. The third kappa shape index (κ3) is 3.71. The number of ether oxygens (including phenoxy) is 2. The molecule has 1 saturated carbocycles. The summed E-state index contributed by atoms with van der Waals surface area (Å²) in [7, 11) is 3.11. The molecule has 1 aliphatic heterocycles. The van der Waals surface area contributed by atoms with Gasteiger partial charge in [0.25, 0.3) is 11.7 Å². The van der Waals surface area contributed by atoms with Crippen LogP contribution in [-0.2, 0) is 9.59 Å². The van der Waals surface area contributed by atoms with E-state index in [9.17, 15) is 14.7 Å². The van der Waals surface area contributed by atoms with E-state index in [0.717, 1.165) is 25.7 Å². The van der Waals surface area contributed by atoms with Gasteiger partial charge in [0.2, 0.25) is 0 Å². The monoisotopic (exact) mass is 485 g/mol. The first kappa shape index (κ1) is 21.4. The third-order valence-corrected chi connectivity index (χ3v) is 6.68. The number of Topliss-reactive ketones (excluding diaryl/α,β-unsaturated/α-hetero) is 1. The Hall–Kier alpha value is -2.80. The Morgan fingerprint density at radius 2 is 1.71 bits per heavy atom. The van der Waals surface area contributed by atoms with Crippen molar-refractivity contribution in [2.45, 2.75) is 37.8 Å². The lowest BCUT2D eigenvalue weighted by atomic mass is 9.94. The van der Waals surface area contributed by atoms with Crippen molar-refractivity contribution in [3.63, 3.8) is 0 Å². The molecule has 2 aromatic carbocycles. The van der Waals surface area contributed by atoms with E-state index in [0.29, 0.717) is 27.1 Å². The van der Waals surface area contributed by atoms with Gasteiger partial charge in [-0.25, -0.2) is 0 Å². The number of hydrogen-bond donors (Lipinski definition) is 1. The van der Waals surface area contributed by atoms with Crippen LogP contribution in [-0.4, -0.2) is 42.0 Å². The molecule has 0 aromatic heterocycles. The van der Waals surface area contributed by atoms with Crippen LogP contribution in [0.5, 0.6) is 11.5 Å². The molecule has 1 amide bonds. The summed E-state index contributed by atoms with van der Waals surface area (Å²) >= 11 is 3.42. The van der Waals surface area contributed by atoms with Crippen molar-refractivity contribution in [1.29, 1.82) is 0 Å². The van der Waals surface area contributed by atoms with Crippen LogP contribution in [0.15, 0.2) is 52.5 Å². The van der Waals surface area contributed by atoms with Gasteiger partial charge in [-0.2, -0.15) is 0 Å². The molecule has 2 aliphatic rings. The Balaban J connectivity index is 1.91. The molecule has 4 rings (SSSR count). The van der Waals surface area contributed by atoms with E-state index < -0.39 is 17.7 Å². The van der Waals surface area contributed by atoms with E-state index in [1.54, 1.807) is 43.4 Å². The van der Waals surface area contributed by atoms with E-state index >= 15 is 0 Å². The van der Waals surface area contributed by atoms with Gasteiger partial charge in [0.1, 0.15) is 17.3 Å². The van der Waals surface area contributed by atoms with Crippen molar-refractivity contribution < 1.29 is 24.2 Å². The van der Waals surface area contributed by atoms with Gasteiger partial charge in [-0.3, -0.25) is 9.59 Å². The van der Waals surface area contributed by atoms with Crippen LogP contribution in [0.4, 0.5) is 0 Å². The summed E-state index contributed by atoms with van der Waals surface area (Å²) in [4.78, 5) is 28.0. The molecule has 6 nitrogen and oxygen atoms in total. The van der Waals surface area contributed by atoms with Crippen molar-refractivity contribution in [2.75, 3.05) is 14.2 Å². The second-order valence-electron chi connectivity index (χ2n) is 7.74. The number of hydrogen-bond acceptors (Lipinski definition) is 5. The van der Waals surface area contributed by atoms with Crippen molar-refractivity contribution >= 4 is 33.4 Å². The number of aliphatic hydroxyl groups is 1. The van der Waals surface area contributed by atoms with Crippen molar-refractivity contribution in [1.82, 2.24) is 4.90 Å². The lowest BCUT2D eigenvalue weighted by molar-refractivity contribution is -0.141. The number of halogens is 1. The van der Waals surface area contributed by atoms with Gasteiger partial charge in [-0.1, -0.05) is 31.0 Å². The van der Waals surface area contributed by atoms with Gasteiger partial charge in [0.05, 0.1) is 30.3 Å². The van der Waals surface area contributed by atoms with Crippen LogP contribution in [0.25, 0.3) is 5.76 Å². The molecule has 0 radical (unpaired) electrons. The maximum Gasteiger partial charge on any atom is 0.295 e. The van der Waals surface area contributed by atoms with Crippen molar-refractivity contribution in [3.05, 3.63) is 63.6 Å². The summed E-state index contributed by atoms with van der Waals surface area (Å²) in [5, 5.41) is 11.2. The molecule has 2 aromatic rings. The number of nitrogens with zero attached hydrogens (tertiary/aromatic N) is 1. The molecular formula is C24H24BrNO5. The van der Waals surface area contributed by atoms with Crippen molar-refractivity contribution in [2.24, 2.45) is 0 Å². The van der Waals surface area contributed by atoms with E-state index in [4.69, 9.17) is 9.47 Å². The van der Waals surface area contributed by atoms with Crippen LogP contribution < -0.4 is 9.47 Å². The Labute approximate surface area is 189 Å². The van der Waals surface area contributed by atoms with Gasteiger partial charge < -0.3 is 19.5 Å². The predicted molar refractivity (Wildman–Crippen MR) is 120 cm³/mol. The molecule has 1 unspecified atom stereocenters. The smallest absolute Gasteiger partial charge is 0.295 e. The first-order chi connectivity index (χ1) is 15.0. The normalized spacial score (nSPS) is 21.0. The first-order valence-corrected chi connectivity index (χ1v) is 11.0. The highest BCUT2D eigenvalue weighted by Gasteiger charge is 2.50. The lowest BCUT2D eigenvalue weighted by Gasteiger charge is -2.31. The molecule has 31 heavy (non-hydrogen) atoms. The largest absolute Gasteiger partial charge is 0.507 e. The van der Waals surface area contributed by atoms with Crippen molar-refractivity contribution in [3.8, 4) is 11.5 Å². The number of rotatable bonds is 5. The molecule has 162 valence electrons. The minimum absolute atomic E-state index is 0.0423. The lowest BCUT2D eigenvalue weighted by Crippen LogP contribution is -2.37. The summed E-state index contributed by atoms with van der Waals surface area (Å²) in [6, 6.07) is 11.6. The predicted octanol–water partition coefficient (Wildman–Crippen LogP) is 4.83. The van der Waals surface area contributed by atoms with E-state index in [1.165, 1.54) is 0 Å². The molecule has 0 bridgehead atoms. The third-order valence-electron chi connectivity index (χ3n) is 6.06. The summed E-state index contributed by atoms with van der Waals surface area (Å²) < 4.78 is 11.4. The Morgan fingerprint density at radius 1 is 1.03 bits per heavy atom. The van der Waals surface area contributed by atoms with Gasteiger partial charge >= 0.3 is 0 Å². The molecule has 0 spiro atoms. The number of methoxy groups -OCH3 is 2. The van der Waals surface area contributed by atoms with Gasteiger partial charge in [0, 0.05) is 17.2 Å². The van der Waals surface area contributed by atoms with E-state index in [-0.39, 0.29) is 17.4 Å². The number of benzene rings is 2. The Kier molecular flexibility index (Phi) is 6.05. The van der Waals surface area contributed by atoms with Crippen LogP contribution in [0.1, 0.15) is 42.9 Å². The number of aliphatic hydroxyl groups excluding tert-OH is 1. The highest BCUT2D eigenvalue weighted by molar-refractivity contribution is 9.10. The van der Waals surface area contributed by atoms with Crippen LogP contribution in [0, 0.1) is 0 Å². The zero-order valence-electron chi connectivity index (χ0n) is 17.4. The quantitative estimate of drug-likeness (QED) is 0.372.